The maximum atomic E-state index is 9.50. The standard InChI is InChI=1S/C11H16O2Xe/c1-3-10(12)7-9-5-4-6-11(8-9)13-14-2/h4-6,8,10,12H,3,7H2,1-2H3. The van der Waals surface area contributed by atoms with Gasteiger partial charge >= 0.3 is 113 Å². The molecule has 1 unspecified atom stereocenters. The molecule has 1 aromatic carbocycles. The van der Waals surface area contributed by atoms with Gasteiger partial charge in [0, 0.05) is 0 Å². The van der Waals surface area contributed by atoms with Crippen LogP contribution in [-0.2, 0) is 6.42 Å². The van der Waals surface area contributed by atoms with Gasteiger partial charge in [0.1, 0.15) is 0 Å². The number of aliphatic hydroxyl groups is 1. The fourth-order valence-electron chi connectivity index (χ4n) is 1.22. The van der Waals surface area contributed by atoms with Gasteiger partial charge < -0.3 is 0 Å². The number of hydrogen-bond donors (Lipinski definition) is 1. The van der Waals surface area contributed by atoms with Crippen molar-refractivity contribution in [1.82, 2.24) is 0 Å². The Kier molecular flexibility index (Phi) is 6.25. The van der Waals surface area contributed by atoms with Gasteiger partial charge in [-0.15, -0.1) is 0 Å². The van der Waals surface area contributed by atoms with Crippen molar-refractivity contribution in [3.05, 3.63) is 29.8 Å². The van der Waals surface area contributed by atoms with Gasteiger partial charge in [-0.1, -0.05) is 0 Å². The van der Waals surface area contributed by atoms with Crippen molar-refractivity contribution >= 4 is 0 Å². The van der Waals surface area contributed by atoms with E-state index in [0.29, 0.717) is 6.42 Å². The monoisotopic (exact) mass is 312 g/mol. The molecule has 14 heavy (non-hydrogen) atoms. The summed E-state index contributed by atoms with van der Waals surface area (Å²) in [7, 11) is 0. The molecule has 0 aliphatic rings. The Morgan fingerprint density at radius 1 is 1.50 bits per heavy atom. The molecule has 0 amide bonds. The van der Waals surface area contributed by atoms with Crippen LogP contribution in [0.2, 0.25) is 1.39 Å². The molecule has 3 heteroatoms. The molecule has 0 fully saturated rings. The average Bonchev–Trinajstić information content (AvgIpc) is 2.19. The van der Waals surface area contributed by atoms with E-state index in [1.54, 1.807) is 0 Å². The van der Waals surface area contributed by atoms with Gasteiger partial charge in [0.15, 0.2) is 0 Å². The number of benzene rings is 1. The van der Waals surface area contributed by atoms with E-state index < -0.39 is 0 Å². The Hall–Kier alpha value is 0.551. The number of hydrogen-bond acceptors (Lipinski definition) is 2. The third-order valence-electron chi connectivity index (χ3n) is 2.00. The average molecular weight is 312 g/mol. The van der Waals surface area contributed by atoms with Gasteiger partial charge in [-0.05, 0) is 0 Å². The van der Waals surface area contributed by atoms with Gasteiger partial charge in [0.25, 0.3) is 0 Å². The van der Waals surface area contributed by atoms with Crippen molar-refractivity contribution < 1.29 is 50.0 Å². The summed E-state index contributed by atoms with van der Waals surface area (Å²) in [5.74, 6) is 0.923. The van der Waals surface area contributed by atoms with Crippen LogP contribution in [0.3, 0.4) is 0 Å². The van der Waals surface area contributed by atoms with Crippen molar-refractivity contribution in [2.24, 2.45) is 0 Å². The summed E-state index contributed by atoms with van der Waals surface area (Å²) in [5, 5.41) is 9.50. The second-order valence-electron chi connectivity index (χ2n) is 3.13. The topological polar surface area (TPSA) is 29.5 Å². The third-order valence-corrected chi connectivity index (χ3v) is 2.88. The molecule has 0 bridgehead atoms. The Balaban J connectivity index is 2.63. The maximum absolute atomic E-state index is 9.50. The molecule has 1 N–H and O–H groups in total. The minimum absolute atomic E-state index is 0.0165. The molecule has 80 valence electrons. The summed E-state index contributed by atoms with van der Waals surface area (Å²) in [6, 6.07) is 7.97. The molecular weight excluding hydrogens is 295 g/mol. The van der Waals surface area contributed by atoms with Crippen LogP contribution in [-0.4, -0.2) is 11.2 Å². The number of rotatable bonds is 5. The van der Waals surface area contributed by atoms with E-state index in [9.17, 15) is 5.11 Å². The Labute approximate surface area is 111 Å². The predicted molar refractivity (Wildman–Crippen MR) is 52.9 cm³/mol. The Morgan fingerprint density at radius 2 is 2.29 bits per heavy atom. The first-order valence-electron chi connectivity index (χ1n) is 4.66. The summed E-state index contributed by atoms with van der Waals surface area (Å²) < 4.78 is 7.53. The van der Waals surface area contributed by atoms with Crippen LogP contribution < -0.4 is 0.0568 Å². The van der Waals surface area contributed by atoms with Crippen molar-refractivity contribution in [3.8, 4) is 5.75 Å². The summed E-state index contributed by atoms with van der Waals surface area (Å²) in [6.45, 7) is 1.99. The second-order valence-corrected chi connectivity index (χ2v) is 4.37. The zero-order valence-corrected chi connectivity index (χ0v) is 10.5. The van der Waals surface area contributed by atoms with Crippen LogP contribution in [0, 0.1) is 44.9 Å². The van der Waals surface area contributed by atoms with Crippen molar-refractivity contribution in [1.29, 1.82) is 0 Å². The summed E-state index contributed by atoms with van der Waals surface area (Å²) in [5.41, 5.74) is 1.14. The van der Waals surface area contributed by atoms with Gasteiger partial charge in [-0.3, -0.25) is 0 Å². The number of aliphatic hydroxyl groups excluding tert-OH is 1. The minimum atomic E-state index is -0.236. The SMILES string of the molecule is CCC(O)Cc1cccc(O[Xe]C)c1. The van der Waals surface area contributed by atoms with E-state index in [1.165, 1.54) is 0 Å². The van der Waals surface area contributed by atoms with E-state index in [-0.39, 0.29) is 51.0 Å². The molecule has 1 aromatic rings. The Morgan fingerprint density at radius 3 is 2.93 bits per heavy atom. The van der Waals surface area contributed by atoms with Gasteiger partial charge in [-0.2, -0.15) is 0 Å². The predicted octanol–water partition coefficient (Wildman–Crippen LogP) is 2.43. The van der Waals surface area contributed by atoms with Gasteiger partial charge in [0.05, 0.1) is 0 Å². The van der Waals surface area contributed by atoms with Crippen LogP contribution in [0.25, 0.3) is 0 Å². The van der Waals surface area contributed by atoms with Gasteiger partial charge in [0.2, 0.25) is 0 Å². The summed E-state index contributed by atoms with van der Waals surface area (Å²) >= 11 is -0.0165. The summed E-state index contributed by atoms with van der Waals surface area (Å²) in [6.07, 6.45) is 1.28. The van der Waals surface area contributed by atoms with E-state index in [2.05, 4.69) is 1.39 Å². The van der Waals surface area contributed by atoms with Crippen LogP contribution in [0.15, 0.2) is 24.3 Å². The zero-order chi connectivity index (χ0) is 10.4. The van der Waals surface area contributed by atoms with E-state index in [4.69, 9.17) is 0.0568 Å². The first-order valence-corrected chi connectivity index (χ1v) is 7.50. The van der Waals surface area contributed by atoms with Gasteiger partial charge in [-0.25, -0.2) is 0 Å². The fraction of sp³-hybridized carbons (Fsp3) is 0.455. The van der Waals surface area contributed by atoms with Crippen LogP contribution in [0.5, 0.6) is 5.75 Å². The second kappa shape index (κ2) is 6.93. The van der Waals surface area contributed by atoms with Crippen LogP contribution >= 0.6 is 0 Å². The van der Waals surface area contributed by atoms with Crippen molar-refractivity contribution in [2.45, 2.75) is 27.3 Å². The molecule has 0 aliphatic heterocycles. The van der Waals surface area contributed by atoms with Crippen molar-refractivity contribution in [3.63, 3.8) is 0 Å². The molecule has 0 aromatic heterocycles. The van der Waals surface area contributed by atoms with E-state index in [1.807, 2.05) is 31.2 Å². The molecule has 1 rings (SSSR count). The molecule has 1 atom stereocenters. The molecule has 0 heterocycles. The summed E-state index contributed by atoms with van der Waals surface area (Å²) in [4.78, 5) is 0. The fourth-order valence-corrected chi connectivity index (χ4v) is 1.95. The van der Waals surface area contributed by atoms with Crippen LogP contribution in [0.4, 0.5) is 0 Å². The molecule has 0 saturated heterocycles. The first kappa shape index (κ1) is 12.6. The Bertz CT molecular complexity index is 276. The molecule has 0 radical (unpaired) electrons. The molecular formula is C11H16O2Xe. The first-order chi connectivity index (χ1) is 6.76. The normalized spacial score (nSPS) is 12.8. The van der Waals surface area contributed by atoms with E-state index >= 15 is 0 Å². The zero-order valence-electron chi connectivity index (χ0n) is 8.51. The molecule has 0 saturated carbocycles. The molecule has 0 aliphatic carbocycles. The molecule has 2 nitrogen and oxygen atoms in total. The van der Waals surface area contributed by atoms with E-state index in [0.717, 1.165) is 17.7 Å². The molecule has 0 spiro atoms. The van der Waals surface area contributed by atoms with Crippen molar-refractivity contribution in [2.75, 3.05) is 0 Å². The quantitative estimate of drug-likeness (QED) is 0.905. The van der Waals surface area contributed by atoms with Crippen LogP contribution in [0.1, 0.15) is 18.9 Å². The third kappa shape index (κ3) is 4.38.